The van der Waals surface area contributed by atoms with E-state index in [-0.39, 0.29) is 24.1 Å². The first-order valence-corrected chi connectivity index (χ1v) is 10.2. The smallest absolute Gasteiger partial charge is 0.275 e. The van der Waals surface area contributed by atoms with E-state index in [4.69, 9.17) is 4.74 Å². The molecule has 1 aromatic heterocycles. The maximum Gasteiger partial charge on any atom is 0.275 e. The fourth-order valence-electron chi connectivity index (χ4n) is 4.68. The van der Waals surface area contributed by atoms with Gasteiger partial charge < -0.3 is 10.1 Å². The van der Waals surface area contributed by atoms with Crippen molar-refractivity contribution in [3.63, 3.8) is 0 Å². The number of ether oxygens (including phenoxy) is 1. The van der Waals surface area contributed by atoms with Crippen molar-refractivity contribution < 1.29 is 9.53 Å². The molecule has 1 aliphatic carbocycles. The SMILES string of the molecule is Cc1nn(CC(=O)N[C@H]2C[C@H]3CO[C@@H](C4CC4)CN3C2)c(=O)c2ccccc12. The van der Waals surface area contributed by atoms with E-state index in [1.54, 1.807) is 6.07 Å². The third-order valence-electron chi connectivity index (χ3n) is 6.30. The molecule has 148 valence electrons. The molecule has 0 unspecified atom stereocenters. The van der Waals surface area contributed by atoms with Gasteiger partial charge in [-0.15, -0.1) is 0 Å². The first-order chi connectivity index (χ1) is 13.6. The zero-order valence-electron chi connectivity index (χ0n) is 16.1. The number of carbonyl (C=O) groups excluding carboxylic acids is 1. The minimum Gasteiger partial charge on any atom is -0.375 e. The highest BCUT2D eigenvalue weighted by atomic mass is 16.5. The molecule has 2 saturated heterocycles. The Morgan fingerprint density at radius 3 is 2.82 bits per heavy atom. The van der Waals surface area contributed by atoms with Gasteiger partial charge in [0.25, 0.3) is 5.56 Å². The van der Waals surface area contributed by atoms with Crippen LogP contribution in [0.25, 0.3) is 10.8 Å². The molecule has 2 aliphatic heterocycles. The molecular formula is C21H26N4O3. The zero-order chi connectivity index (χ0) is 19.3. The van der Waals surface area contributed by atoms with Crippen molar-refractivity contribution in [2.24, 2.45) is 5.92 Å². The van der Waals surface area contributed by atoms with Crippen molar-refractivity contribution in [3.05, 3.63) is 40.3 Å². The van der Waals surface area contributed by atoms with Crippen LogP contribution in [-0.4, -0.2) is 58.5 Å². The molecule has 7 nitrogen and oxygen atoms in total. The molecule has 1 N–H and O–H groups in total. The second-order valence-electron chi connectivity index (χ2n) is 8.41. The van der Waals surface area contributed by atoms with Crippen LogP contribution >= 0.6 is 0 Å². The lowest BCUT2D eigenvalue weighted by atomic mass is 10.1. The number of hydrogen-bond acceptors (Lipinski definition) is 5. The average molecular weight is 382 g/mol. The first-order valence-electron chi connectivity index (χ1n) is 10.2. The van der Waals surface area contributed by atoms with Gasteiger partial charge in [-0.25, -0.2) is 4.68 Å². The molecule has 1 aromatic carbocycles. The highest BCUT2D eigenvalue weighted by Gasteiger charge is 2.42. The summed E-state index contributed by atoms with van der Waals surface area (Å²) >= 11 is 0. The second kappa shape index (κ2) is 6.97. The lowest BCUT2D eigenvalue weighted by Crippen LogP contribution is -2.47. The number of aryl methyl sites for hydroxylation is 1. The first kappa shape index (κ1) is 17.8. The van der Waals surface area contributed by atoms with Gasteiger partial charge in [-0.3, -0.25) is 14.5 Å². The van der Waals surface area contributed by atoms with Gasteiger partial charge in [0, 0.05) is 30.6 Å². The third-order valence-corrected chi connectivity index (χ3v) is 6.30. The topological polar surface area (TPSA) is 76.5 Å². The molecule has 3 aliphatic rings. The maximum absolute atomic E-state index is 12.7. The fraction of sp³-hybridized carbons (Fsp3) is 0.571. The Labute approximate surface area is 163 Å². The van der Waals surface area contributed by atoms with E-state index < -0.39 is 0 Å². The number of benzene rings is 1. The summed E-state index contributed by atoms with van der Waals surface area (Å²) in [6.45, 7) is 4.42. The van der Waals surface area contributed by atoms with Crippen LogP contribution in [0.2, 0.25) is 0 Å². The molecule has 2 aromatic rings. The molecule has 3 atom stereocenters. The molecule has 7 heteroatoms. The van der Waals surface area contributed by atoms with Gasteiger partial charge in [-0.05, 0) is 38.2 Å². The average Bonchev–Trinajstić information content (AvgIpc) is 3.46. The van der Waals surface area contributed by atoms with E-state index in [0.29, 0.717) is 17.5 Å². The van der Waals surface area contributed by atoms with Gasteiger partial charge in [-0.2, -0.15) is 5.10 Å². The summed E-state index contributed by atoms with van der Waals surface area (Å²) in [6.07, 6.45) is 3.85. The van der Waals surface area contributed by atoms with Crippen LogP contribution < -0.4 is 10.9 Å². The second-order valence-corrected chi connectivity index (χ2v) is 8.41. The molecular weight excluding hydrogens is 356 g/mol. The van der Waals surface area contributed by atoms with E-state index in [1.807, 2.05) is 25.1 Å². The van der Waals surface area contributed by atoms with Gasteiger partial charge >= 0.3 is 0 Å². The van der Waals surface area contributed by atoms with E-state index in [9.17, 15) is 9.59 Å². The highest BCUT2D eigenvalue weighted by Crippen LogP contribution is 2.37. The summed E-state index contributed by atoms with van der Waals surface area (Å²) < 4.78 is 7.30. The number of fused-ring (bicyclic) bond motifs is 2. The molecule has 5 rings (SSSR count). The largest absolute Gasteiger partial charge is 0.375 e. The molecule has 1 amide bonds. The molecule has 0 radical (unpaired) electrons. The molecule has 0 bridgehead atoms. The quantitative estimate of drug-likeness (QED) is 0.856. The van der Waals surface area contributed by atoms with Crippen molar-refractivity contribution >= 4 is 16.7 Å². The van der Waals surface area contributed by atoms with Crippen molar-refractivity contribution in [2.75, 3.05) is 19.7 Å². The number of rotatable bonds is 4. The number of amides is 1. The Morgan fingerprint density at radius 2 is 2.04 bits per heavy atom. The summed E-state index contributed by atoms with van der Waals surface area (Å²) in [5, 5.41) is 8.88. The number of nitrogens with one attached hydrogen (secondary N) is 1. The Bertz CT molecular complexity index is 968. The van der Waals surface area contributed by atoms with Crippen molar-refractivity contribution in [1.82, 2.24) is 20.0 Å². The standard InChI is InChI=1S/C21H26N4O3/c1-13-17-4-2-3-5-18(17)21(27)25(23-13)11-20(26)22-15-8-16-12-28-19(14-6-7-14)10-24(16)9-15/h2-5,14-16,19H,6-12H2,1H3,(H,22,26)/t15-,16-,19+/m0/s1. The van der Waals surface area contributed by atoms with Crippen LogP contribution in [-0.2, 0) is 16.1 Å². The highest BCUT2D eigenvalue weighted by molar-refractivity contribution is 5.83. The van der Waals surface area contributed by atoms with Crippen molar-refractivity contribution in [1.29, 1.82) is 0 Å². The van der Waals surface area contributed by atoms with Gasteiger partial charge in [-0.1, -0.05) is 18.2 Å². The van der Waals surface area contributed by atoms with Crippen LogP contribution in [0, 0.1) is 12.8 Å². The Hall–Kier alpha value is -2.25. The van der Waals surface area contributed by atoms with E-state index in [1.165, 1.54) is 17.5 Å². The van der Waals surface area contributed by atoms with Crippen molar-refractivity contribution in [3.8, 4) is 0 Å². The van der Waals surface area contributed by atoms with Gasteiger partial charge in [0.15, 0.2) is 0 Å². The summed E-state index contributed by atoms with van der Waals surface area (Å²) in [4.78, 5) is 27.7. The monoisotopic (exact) mass is 382 g/mol. The van der Waals surface area contributed by atoms with Crippen LogP contribution in [0.1, 0.15) is 25.0 Å². The Morgan fingerprint density at radius 1 is 1.25 bits per heavy atom. The van der Waals surface area contributed by atoms with Crippen LogP contribution in [0.4, 0.5) is 0 Å². The fourth-order valence-corrected chi connectivity index (χ4v) is 4.68. The summed E-state index contributed by atoms with van der Waals surface area (Å²) in [6, 6.07) is 7.89. The lowest BCUT2D eigenvalue weighted by molar-refractivity contribution is -0.122. The minimum absolute atomic E-state index is 0.0487. The predicted octanol–water partition coefficient (Wildman–Crippen LogP) is 1.07. The van der Waals surface area contributed by atoms with Crippen LogP contribution in [0.5, 0.6) is 0 Å². The number of hydrogen-bond donors (Lipinski definition) is 1. The molecule has 3 fully saturated rings. The van der Waals surface area contributed by atoms with E-state index in [0.717, 1.165) is 43.1 Å². The van der Waals surface area contributed by atoms with Gasteiger partial charge in [0.1, 0.15) is 6.54 Å². The summed E-state index contributed by atoms with van der Waals surface area (Å²) in [5.74, 6) is 0.581. The molecule has 0 spiro atoms. The third kappa shape index (κ3) is 3.33. The van der Waals surface area contributed by atoms with Crippen LogP contribution in [0.15, 0.2) is 29.1 Å². The minimum atomic E-state index is -0.221. The summed E-state index contributed by atoms with van der Waals surface area (Å²) in [5.41, 5.74) is 0.533. The summed E-state index contributed by atoms with van der Waals surface area (Å²) in [7, 11) is 0. The Balaban J connectivity index is 1.24. The van der Waals surface area contributed by atoms with Crippen LogP contribution in [0.3, 0.4) is 0 Å². The molecule has 28 heavy (non-hydrogen) atoms. The van der Waals surface area contributed by atoms with Gasteiger partial charge in [0.2, 0.25) is 5.91 Å². The van der Waals surface area contributed by atoms with E-state index in [2.05, 4.69) is 15.3 Å². The number of aromatic nitrogens is 2. The lowest BCUT2D eigenvalue weighted by Gasteiger charge is -2.35. The normalized spacial score (nSPS) is 27.7. The number of nitrogens with zero attached hydrogens (tertiary/aromatic N) is 3. The Kier molecular flexibility index (Phi) is 4.44. The van der Waals surface area contributed by atoms with Crippen molar-refractivity contribution in [2.45, 2.75) is 50.9 Å². The number of morpholine rings is 1. The zero-order valence-corrected chi connectivity index (χ0v) is 16.1. The van der Waals surface area contributed by atoms with Gasteiger partial charge in [0.05, 0.1) is 23.8 Å². The molecule has 3 heterocycles. The predicted molar refractivity (Wildman–Crippen MR) is 105 cm³/mol. The number of carbonyl (C=O) groups is 1. The maximum atomic E-state index is 12.7. The molecule has 1 saturated carbocycles. The van der Waals surface area contributed by atoms with E-state index >= 15 is 0 Å².